The summed E-state index contributed by atoms with van der Waals surface area (Å²) in [5.74, 6) is -1.02. The molecule has 0 fully saturated rings. The van der Waals surface area contributed by atoms with E-state index in [0.29, 0.717) is 5.82 Å². The van der Waals surface area contributed by atoms with Crippen LogP contribution in [-0.2, 0) is 16.1 Å². The zero-order valence-electron chi connectivity index (χ0n) is 7.93. The van der Waals surface area contributed by atoms with Gasteiger partial charge in [-0.2, -0.15) is 0 Å². The van der Waals surface area contributed by atoms with E-state index < -0.39 is 17.9 Å². The molecule has 0 aliphatic rings. The number of carbonyl (C=O) groups is 2. The predicted octanol–water partition coefficient (Wildman–Crippen LogP) is -1.17. The van der Waals surface area contributed by atoms with Gasteiger partial charge in [-0.25, -0.2) is 4.98 Å². The van der Waals surface area contributed by atoms with Crippen molar-refractivity contribution >= 4 is 11.9 Å². The fourth-order valence-corrected chi connectivity index (χ4v) is 0.977. The number of rotatable bonds is 5. The molecule has 0 bridgehead atoms. The highest BCUT2D eigenvalue weighted by molar-refractivity contribution is 5.85. The molecular weight excluding hydrogens is 200 g/mol. The molecule has 82 valence electrons. The van der Waals surface area contributed by atoms with E-state index >= 15 is 0 Å². The van der Waals surface area contributed by atoms with Gasteiger partial charge in [-0.3, -0.25) is 9.59 Å². The predicted molar refractivity (Wildman–Crippen MR) is 50.7 cm³/mol. The average Bonchev–Trinajstić information content (AvgIpc) is 2.65. The summed E-state index contributed by atoms with van der Waals surface area (Å²) < 4.78 is 0. The van der Waals surface area contributed by atoms with Crippen molar-refractivity contribution in [3.63, 3.8) is 0 Å². The van der Waals surface area contributed by atoms with Gasteiger partial charge in [0.15, 0.2) is 0 Å². The maximum atomic E-state index is 11.2. The minimum atomic E-state index is -1.10. The van der Waals surface area contributed by atoms with Gasteiger partial charge in [-0.05, 0) is 0 Å². The molecule has 15 heavy (non-hydrogen) atoms. The van der Waals surface area contributed by atoms with Crippen molar-refractivity contribution in [1.29, 1.82) is 0 Å². The molecule has 0 saturated heterocycles. The number of carboxylic acids is 1. The van der Waals surface area contributed by atoms with Crippen molar-refractivity contribution in [1.82, 2.24) is 15.3 Å². The van der Waals surface area contributed by atoms with Crippen LogP contribution in [-0.4, -0.2) is 33.0 Å². The number of aromatic nitrogens is 2. The SMILES string of the molecule is NC(CC(=O)O)C(=O)NCc1ncc[nH]1. The number of amides is 1. The van der Waals surface area contributed by atoms with Crippen LogP contribution in [0.2, 0.25) is 0 Å². The Labute approximate surface area is 85.7 Å². The first-order valence-corrected chi connectivity index (χ1v) is 4.33. The average molecular weight is 212 g/mol. The normalized spacial score (nSPS) is 12.1. The largest absolute Gasteiger partial charge is 0.481 e. The van der Waals surface area contributed by atoms with Gasteiger partial charge in [-0.15, -0.1) is 0 Å². The first-order valence-electron chi connectivity index (χ1n) is 4.33. The molecule has 5 N–H and O–H groups in total. The zero-order chi connectivity index (χ0) is 11.3. The fraction of sp³-hybridized carbons (Fsp3) is 0.375. The first kappa shape index (κ1) is 11.2. The molecular formula is C8H12N4O3. The molecule has 0 saturated carbocycles. The van der Waals surface area contributed by atoms with Crippen LogP contribution in [0, 0.1) is 0 Å². The lowest BCUT2D eigenvalue weighted by Gasteiger charge is -2.08. The molecule has 0 aliphatic heterocycles. The number of imidazole rings is 1. The molecule has 1 amide bonds. The van der Waals surface area contributed by atoms with Crippen molar-refractivity contribution < 1.29 is 14.7 Å². The van der Waals surface area contributed by atoms with Gasteiger partial charge in [0.2, 0.25) is 5.91 Å². The Kier molecular flexibility index (Phi) is 3.81. The summed E-state index contributed by atoms with van der Waals surface area (Å²) in [5.41, 5.74) is 5.33. The highest BCUT2D eigenvalue weighted by Gasteiger charge is 2.16. The monoisotopic (exact) mass is 212 g/mol. The van der Waals surface area contributed by atoms with Crippen molar-refractivity contribution in [3.8, 4) is 0 Å². The highest BCUT2D eigenvalue weighted by atomic mass is 16.4. The number of carbonyl (C=O) groups excluding carboxylic acids is 1. The van der Waals surface area contributed by atoms with Gasteiger partial charge < -0.3 is 21.1 Å². The summed E-state index contributed by atoms with van der Waals surface area (Å²) in [5, 5.41) is 10.9. The second-order valence-corrected chi connectivity index (χ2v) is 2.96. The van der Waals surface area contributed by atoms with Gasteiger partial charge >= 0.3 is 5.97 Å². The van der Waals surface area contributed by atoms with E-state index in [1.807, 2.05) is 0 Å². The van der Waals surface area contributed by atoms with E-state index in [9.17, 15) is 9.59 Å². The van der Waals surface area contributed by atoms with Crippen molar-refractivity contribution in [2.75, 3.05) is 0 Å². The Bertz CT molecular complexity index is 336. The van der Waals surface area contributed by atoms with Gasteiger partial charge in [0, 0.05) is 12.4 Å². The van der Waals surface area contributed by atoms with Crippen molar-refractivity contribution in [3.05, 3.63) is 18.2 Å². The number of nitrogens with one attached hydrogen (secondary N) is 2. The number of H-pyrrole nitrogens is 1. The number of hydrogen-bond donors (Lipinski definition) is 4. The topological polar surface area (TPSA) is 121 Å². The standard InChI is InChI=1S/C8H12N4O3/c9-5(3-7(13)14)8(15)12-4-6-10-1-2-11-6/h1-2,5H,3-4,9H2,(H,10,11)(H,12,15)(H,13,14). The zero-order valence-corrected chi connectivity index (χ0v) is 7.93. The molecule has 1 rings (SSSR count). The van der Waals surface area contributed by atoms with Crippen LogP contribution in [0.1, 0.15) is 12.2 Å². The van der Waals surface area contributed by atoms with Gasteiger partial charge in [0.1, 0.15) is 5.82 Å². The Balaban J connectivity index is 2.32. The number of aromatic amines is 1. The Morgan fingerprint density at radius 3 is 2.93 bits per heavy atom. The molecule has 1 unspecified atom stereocenters. The fourth-order valence-electron chi connectivity index (χ4n) is 0.977. The summed E-state index contributed by atoms with van der Waals surface area (Å²) in [6.07, 6.45) is 2.79. The van der Waals surface area contributed by atoms with Crippen LogP contribution in [0.4, 0.5) is 0 Å². The Morgan fingerprint density at radius 1 is 1.67 bits per heavy atom. The third-order valence-corrected chi connectivity index (χ3v) is 1.72. The Morgan fingerprint density at radius 2 is 2.40 bits per heavy atom. The number of nitrogens with two attached hydrogens (primary N) is 1. The maximum Gasteiger partial charge on any atom is 0.305 e. The lowest BCUT2D eigenvalue weighted by Crippen LogP contribution is -2.41. The molecule has 7 heteroatoms. The molecule has 0 aliphatic carbocycles. The van der Waals surface area contributed by atoms with E-state index in [2.05, 4.69) is 15.3 Å². The summed E-state index contributed by atoms with van der Waals surface area (Å²) in [6, 6.07) is -1.03. The quantitative estimate of drug-likeness (QED) is 0.490. The highest BCUT2D eigenvalue weighted by Crippen LogP contribution is 1.91. The molecule has 0 radical (unpaired) electrons. The van der Waals surface area contributed by atoms with E-state index in [1.54, 1.807) is 12.4 Å². The minimum Gasteiger partial charge on any atom is -0.481 e. The molecule has 0 aromatic carbocycles. The van der Waals surface area contributed by atoms with E-state index in [1.165, 1.54) is 0 Å². The first-order chi connectivity index (χ1) is 7.09. The van der Waals surface area contributed by atoms with Gasteiger partial charge in [-0.1, -0.05) is 0 Å². The van der Waals surface area contributed by atoms with E-state index in [0.717, 1.165) is 0 Å². The van der Waals surface area contributed by atoms with Crippen molar-refractivity contribution in [2.24, 2.45) is 5.73 Å². The smallest absolute Gasteiger partial charge is 0.305 e. The second-order valence-electron chi connectivity index (χ2n) is 2.96. The van der Waals surface area contributed by atoms with Crippen LogP contribution in [0.3, 0.4) is 0 Å². The second kappa shape index (κ2) is 5.11. The summed E-state index contributed by atoms with van der Waals surface area (Å²) in [4.78, 5) is 28.2. The van der Waals surface area contributed by atoms with Gasteiger partial charge in [0.05, 0.1) is 19.0 Å². The van der Waals surface area contributed by atoms with Crippen molar-refractivity contribution in [2.45, 2.75) is 19.0 Å². The molecule has 1 heterocycles. The van der Waals surface area contributed by atoms with E-state index in [4.69, 9.17) is 10.8 Å². The van der Waals surface area contributed by atoms with Gasteiger partial charge in [0.25, 0.3) is 0 Å². The summed E-state index contributed by atoms with van der Waals surface area (Å²) >= 11 is 0. The molecule has 1 aromatic rings. The number of carboxylic acid groups (broad SMARTS) is 1. The van der Waals surface area contributed by atoms with Crippen LogP contribution in [0.25, 0.3) is 0 Å². The third kappa shape index (κ3) is 3.77. The third-order valence-electron chi connectivity index (χ3n) is 1.72. The van der Waals surface area contributed by atoms with E-state index in [-0.39, 0.29) is 13.0 Å². The minimum absolute atomic E-state index is 0.207. The Hall–Kier alpha value is -1.89. The molecule has 1 atom stereocenters. The van der Waals surface area contributed by atoms with Crippen LogP contribution < -0.4 is 11.1 Å². The maximum absolute atomic E-state index is 11.2. The van der Waals surface area contributed by atoms with Crippen LogP contribution in [0.5, 0.6) is 0 Å². The number of nitrogens with zero attached hydrogens (tertiary/aromatic N) is 1. The molecule has 0 spiro atoms. The molecule has 1 aromatic heterocycles. The van der Waals surface area contributed by atoms with Crippen LogP contribution >= 0.6 is 0 Å². The lowest BCUT2D eigenvalue weighted by molar-refractivity contribution is -0.139. The summed E-state index contributed by atoms with van der Waals surface area (Å²) in [7, 11) is 0. The lowest BCUT2D eigenvalue weighted by atomic mass is 10.2. The number of hydrogen-bond acceptors (Lipinski definition) is 4. The van der Waals surface area contributed by atoms with Crippen LogP contribution in [0.15, 0.2) is 12.4 Å². The molecule has 7 nitrogen and oxygen atoms in total. The number of aliphatic carboxylic acids is 1. The summed E-state index contributed by atoms with van der Waals surface area (Å²) in [6.45, 7) is 0.207.